The van der Waals surface area contributed by atoms with Crippen molar-refractivity contribution in [2.45, 2.75) is 31.8 Å². The molecule has 0 fully saturated rings. The van der Waals surface area contributed by atoms with Crippen LogP contribution in [0.4, 0.5) is 0 Å². The van der Waals surface area contributed by atoms with Crippen LogP contribution in [0.15, 0.2) is 36.0 Å². The van der Waals surface area contributed by atoms with Crippen molar-refractivity contribution in [2.75, 3.05) is 13.2 Å². The quantitative estimate of drug-likeness (QED) is 0.687. The number of nitriles is 1. The Hall–Kier alpha value is -1.37. The largest absolute Gasteiger partial charge is 0.396 e. The molecule has 0 aromatic heterocycles. The first-order valence-corrected chi connectivity index (χ1v) is 6.06. The summed E-state index contributed by atoms with van der Waals surface area (Å²) in [5, 5.41) is 17.4. The van der Waals surface area contributed by atoms with E-state index in [9.17, 15) is 0 Å². The second-order valence-electron chi connectivity index (χ2n) is 3.95. The number of aliphatic hydroxyl groups is 1. The zero-order chi connectivity index (χ0) is 12.3. The monoisotopic (exact) mass is 233 g/mol. The van der Waals surface area contributed by atoms with Crippen molar-refractivity contribution in [3.05, 3.63) is 36.0 Å². The second-order valence-corrected chi connectivity index (χ2v) is 3.95. The molecule has 0 heterocycles. The van der Waals surface area contributed by atoms with Gasteiger partial charge < -0.3 is 9.84 Å². The molecule has 1 unspecified atom stereocenters. The summed E-state index contributed by atoms with van der Waals surface area (Å²) in [5.41, 5.74) is 0.648. The Labute approximate surface area is 103 Å². The van der Waals surface area contributed by atoms with Gasteiger partial charge in [0.25, 0.3) is 0 Å². The lowest BCUT2D eigenvalue weighted by Gasteiger charge is -2.09. The summed E-state index contributed by atoms with van der Waals surface area (Å²) in [5.74, 6) is 0. The van der Waals surface area contributed by atoms with Gasteiger partial charge in [-0.3, -0.25) is 0 Å². The van der Waals surface area contributed by atoms with E-state index in [-0.39, 0.29) is 12.7 Å². The molecule has 0 saturated heterocycles. The highest BCUT2D eigenvalue weighted by Gasteiger charge is 2.02. The number of unbranched alkanes of at least 4 members (excludes halogenated alkanes) is 3. The Bertz CT molecular complexity index is 337. The normalized spacial score (nSPS) is 18.6. The molecule has 0 aromatic rings. The van der Waals surface area contributed by atoms with Gasteiger partial charge in [-0.05, 0) is 25.0 Å². The van der Waals surface area contributed by atoms with Gasteiger partial charge in [0.15, 0.2) is 0 Å². The number of rotatable bonds is 7. The van der Waals surface area contributed by atoms with Crippen LogP contribution in [0.5, 0.6) is 0 Å². The van der Waals surface area contributed by atoms with E-state index in [4.69, 9.17) is 15.1 Å². The van der Waals surface area contributed by atoms with Crippen molar-refractivity contribution >= 4 is 0 Å². The van der Waals surface area contributed by atoms with Crippen LogP contribution in [0.3, 0.4) is 0 Å². The van der Waals surface area contributed by atoms with Crippen molar-refractivity contribution in [3.8, 4) is 6.07 Å². The molecular weight excluding hydrogens is 214 g/mol. The minimum absolute atomic E-state index is 0.0325. The molecule has 0 aromatic carbocycles. The van der Waals surface area contributed by atoms with E-state index in [2.05, 4.69) is 6.07 Å². The molecule has 3 nitrogen and oxygen atoms in total. The molecule has 0 radical (unpaired) electrons. The summed E-state index contributed by atoms with van der Waals surface area (Å²) in [4.78, 5) is 0. The first-order valence-electron chi connectivity index (χ1n) is 6.06. The third-order valence-electron chi connectivity index (χ3n) is 2.53. The van der Waals surface area contributed by atoms with Crippen LogP contribution in [0.1, 0.15) is 25.7 Å². The van der Waals surface area contributed by atoms with Crippen LogP contribution < -0.4 is 0 Å². The maximum Gasteiger partial charge on any atom is 0.0991 e. The first-order chi connectivity index (χ1) is 8.36. The van der Waals surface area contributed by atoms with E-state index in [1.807, 2.05) is 18.2 Å². The van der Waals surface area contributed by atoms with Crippen molar-refractivity contribution in [1.29, 1.82) is 5.26 Å². The van der Waals surface area contributed by atoms with Crippen molar-refractivity contribution < 1.29 is 9.84 Å². The maximum atomic E-state index is 8.73. The summed E-state index contributed by atoms with van der Waals surface area (Å²) in [6.07, 6.45) is 13.2. The van der Waals surface area contributed by atoms with Crippen molar-refractivity contribution in [2.24, 2.45) is 0 Å². The lowest BCUT2D eigenvalue weighted by atomic mass is 10.2. The molecular formula is C14H19NO2. The maximum absolute atomic E-state index is 8.73. The van der Waals surface area contributed by atoms with Crippen LogP contribution in [-0.2, 0) is 4.74 Å². The summed E-state index contributed by atoms with van der Waals surface area (Å²) in [6, 6.07) is 2.10. The Kier molecular flexibility index (Phi) is 7.04. The summed E-state index contributed by atoms with van der Waals surface area (Å²) in [7, 11) is 0. The van der Waals surface area contributed by atoms with Crippen LogP contribution in [0.25, 0.3) is 0 Å². The van der Waals surface area contributed by atoms with Gasteiger partial charge in [-0.25, -0.2) is 0 Å². The predicted octanol–water partition coefficient (Wildman–Crippen LogP) is 2.50. The minimum Gasteiger partial charge on any atom is -0.396 e. The average molecular weight is 233 g/mol. The SMILES string of the molecule is N#CC1=CC=CC(OCCCCCCO)C=C1. The van der Waals surface area contributed by atoms with Gasteiger partial charge in [0.05, 0.1) is 17.7 Å². The molecule has 1 aliphatic rings. The van der Waals surface area contributed by atoms with Gasteiger partial charge in [0.2, 0.25) is 0 Å². The molecule has 3 heteroatoms. The van der Waals surface area contributed by atoms with E-state index in [0.717, 1.165) is 25.7 Å². The van der Waals surface area contributed by atoms with Gasteiger partial charge in [0, 0.05) is 13.2 Å². The van der Waals surface area contributed by atoms with Crippen molar-refractivity contribution in [1.82, 2.24) is 0 Å². The fraction of sp³-hybridized carbons (Fsp3) is 0.500. The number of hydrogen-bond donors (Lipinski definition) is 1. The van der Waals surface area contributed by atoms with Gasteiger partial charge in [-0.2, -0.15) is 5.26 Å². The topological polar surface area (TPSA) is 53.2 Å². The van der Waals surface area contributed by atoms with E-state index in [1.165, 1.54) is 0 Å². The molecule has 0 spiro atoms. The molecule has 0 bridgehead atoms. The highest BCUT2D eigenvalue weighted by molar-refractivity contribution is 5.39. The molecule has 0 saturated carbocycles. The van der Waals surface area contributed by atoms with E-state index in [0.29, 0.717) is 12.2 Å². The van der Waals surface area contributed by atoms with Crippen LogP contribution in [0.2, 0.25) is 0 Å². The van der Waals surface area contributed by atoms with Crippen LogP contribution in [0, 0.1) is 11.3 Å². The number of nitrogens with zero attached hydrogens (tertiary/aromatic N) is 1. The Balaban J connectivity index is 2.15. The Morgan fingerprint density at radius 2 is 2.06 bits per heavy atom. The van der Waals surface area contributed by atoms with E-state index in [1.54, 1.807) is 12.2 Å². The zero-order valence-electron chi connectivity index (χ0n) is 10.0. The second kappa shape index (κ2) is 8.74. The van der Waals surface area contributed by atoms with Gasteiger partial charge in [-0.1, -0.05) is 31.1 Å². The molecule has 0 amide bonds. The lowest BCUT2D eigenvalue weighted by Crippen LogP contribution is -2.07. The fourth-order valence-corrected chi connectivity index (χ4v) is 1.56. The van der Waals surface area contributed by atoms with Gasteiger partial charge >= 0.3 is 0 Å². The average Bonchev–Trinajstić information content (AvgIpc) is 2.59. The van der Waals surface area contributed by atoms with E-state index < -0.39 is 0 Å². The van der Waals surface area contributed by atoms with Gasteiger partial charge in [-0.15, -0.1) is 0 Å². The molecule has 0 aliphatic heterocycles. The lowest BCUT2D eigenvalue weighted by molar-refractivity contribution is 0.111. The number of hydrogen-bond acceptors (Lipinski definition) is 3. The van der Waals surface area contributed by atoms with Gasteiger partial charge in [0.1, 0.15) is 0 Å². The summed E-state index contributed by atoms with van der Waals surface area (Å²) < 4.78 is 5.66. The molecule has 92 valence electrons. The highest BCUT2D eigenvalue weighted by Crippen LogP contribution is 2.08. The molecule has 1 atom stereocenters. The Morgan fingerprint density at radius 1 is 1.24 bits per heavy atom. The van der Waals surface area contributed by atoms with Crippen LogP contribution in [-0.4, -0.2) is 24.4 Å². The predicted molar refractivity (Wildman–Crippen MR) is 67.3 cm³/mol. The number of allylic oxidation sites excluding steroid dienone is 4. The molecule has 17 heavy (non-hydrogen) atoms. The summed E-state index contributed by atoms with van der Waals surface area (Å²) in [6.45, 7) is 0.990. The smallest absolute Gasteiger partial charge is 0.0991 e. The fourth-order valence-electron chi connectivity index (χ4n) is 1.56. The third kappa shape index (κ3) is 6.06. The highest BCUT2D eigenvalue weighted by atomic mass is 16.5. The molecule has 1 N–H and O–H groups in total. The zero-order valence-corrected chi connectivity index (χ0v) is 10.0. The van der Waals surface area contributed by atoms with Crippen molar-refractivity contribution in [3.63, 3.8) is 0 Å². The first kappa shape index (κ1) is 13.7. The standard InChI is InChI=1S/C14H19NO2/c15-12-13-6-5-7-14(9-8-13)17-11-4-2-1-3-10-16/h5-9,14,16H,1-4,10-11H2. The molecule has 1 rings (SSSR count). The van der Waals surface area contributed by atoms with E-state index >= 15 is 0 Å². The summed E-state index contributed by atoms with van der Waals surface area (Å²) >= 11 is 0. The van der Waals surface area contributed by atoms with Crippen LogP contribution >= 0.6 is 0 Å². The number of ether oxygens (including phenoxy) is 1. The Morgan fingerprint density at radius 3 is 2.82 bits per heavy atom. The third-order valence-corrected chi connectivity index (χ3v) is 2.53. The molecule has 1 aliphatic carbocycles. The minimum atomic E-state index is -0.0325. The number of aliphatic hydroxyl groups excluding tert-OH is 1.